The Labute approximate surface area is 205 Å². The van der Waals surface area contributed by atoms with E-state index in [0.29, 0.717) is 11.3 Å². The van der Waals surface area contributed by atoms with Crippen LogP contribution in [0.25, 0.3) is 11.1 Å². The summed E-state index contributed by atoms with van der Waals surface area (Å²) in [6.07, 6.45) is 6.05. The molecule has 1 aromatic carbocycles. The minimum atomic E-state index is -3.92. The molecule has 1 aliphatic heterocycles. The summed E-state index contributed by atoms with van der Waals surface area (Å²) in [5.74, 6) is 0.605. The van der Waals surface area contributed by atoms with Gasteiger partial charge in [0.25, 0.3) is 10.0 Å². The largest absolute Gasteiger partial charge is 0.496 e. The van der Waals surface area contributed by atoms with Crippen LogP contribution < -0.4 is 19.7 Å². The number of nitrogens with zero attached hydrogens (tertiary/aromatic N) is 3. The van der Waals surface area contributed by atoms with E-state index in [0.717, 1.165) is 11.0 Å². The zero-order valence-electron chi connectivity index (χ0n) is 20.8. The lowest BCUT2D eigenvalue weighted by atomic mass is 9.79. The number of aryl methyl sites for hydroxylation is 1. The van der Waals surface area contributed by atoms with Gasteiger partial charge in [0, 0.05) is 31.1 Å². The SMILES string of the molecule is COc1cc(-c2cncc(B3OC(C)(C)C(C)(C)O3)c2)cc(NS(=O)(=O)c2cnn(C)c2)c1OC. The van der Waals surface area contributed by atoms with Crippen molar-refractivity contribution in [3.8, 4) is 22.6 Å². The summed E-state index contributed by atoms with van der Waals surface area (Å²) in [6, 6.07) is 5.32. The zero-order chi connectivity index (χ0) is 25.6. The molecule has 4 rings (SSSR count). The van der Waals surface area contributed by atoms with Crippen molar-refractivity contribution in [2.45, 2.75) is 43.8 Å². The molecule has 0 atom stereocenters. The van der Waals surface area contributed by atoms with Crippen LogP contribution in [0.5, 0.6) is 11.5 Å². The van der Waals surface area contributed by atoms with Gasteiger partial charge in [-0.25, -0.2) is 8.42 Å². The quantitative estimate of drug-likeness (QED) is 0.493. The second-order valence-electron chi connectivity index (χ2n) is 9.31. The number of methoxy groups -OCH3 is 2. The van der Waals surface area contributed by atoms with Crippen molar-refractivity contribution in [2.24, 2.45) is 7.05 Å². The van der Waals surface area contributed by atoms with Crippen LogP contribution in [0.4, 0.5) is 5.69 Å². The van der Waals surface area contributed by atoms with E-state index in [1.54, 1.807) is 31.6 Å². The van der Waals surface area contributed by atoms with E-state index in [1.165, 1.54) is 31.3 Å². The van der Waals surface area contributed by atoms with Crippen molar-refractivity contribution >= 4 is 28.3 Å². The maximum absolute atomic E-state index is 13.0. The lowest BCUT2D eigenvalue weighted by molar-refractivity contribution is 0.00578. The molecule has 0 unspecified atom stereocenters. The number of pyridine rings is 1. The normalized spacial score (nSPS) is 16.8. The van der Waals surface area contributed by atoms with E-state index < -0.39 is 28.3 Å². The molecule has 1 aliphatic rings. The van der Waals surface area contributed by atoms with Crippen LogP contribution in [0.3, 0.4) is 0 Å². The highest BCUT2D eigenvalue weighted by atomic mass is 32.2. The summed E-state index contributed by atoms with van der Waals surface area (Å²) in [4.78, 5) is 4.40. The van der Waals surface area contributed by atoms with Crippen molar-refractivity contribution in [1.82, 2.24) is 14.8 Å². The number of rotatable bonds is 7. The molecule has 1 N–H and O–H groups in total. The standard InChI is InChI=1S/C23H29BN4O6S/c1-22(2)23(3,4)34-24(33-22)17-8-16(11-25-12-17)15-9-19(21(32-7)20(10-15)31-6)27-35(29,30)18-13-26-28(5)14-18/h8-14,27H,1-7H3. The smallest absolute Gasteiger partial charge is 0.493 e. The average Bonchev–Trinajstić information content (AvgIpc) is 3.33. The molecule has 0 amide bonds. The van der Waals surface area contributed by atoms with Gasteiger partial charge in [-0.05, 0) is 51.0 Å². The Bertz CT molecular complexity index is 1340. The first-order valence-electron chi connectivity index (χ1n) is 11.0. The first-order chi connectivity index (χ1) is 16.4. The fourth-order valence-electron chi connectivity index (χ4n) is 3.67. The molecule has 0 spiro atoms. The molecule has 2 aromatic heterocycles. The number of hydrogen-bond donors (Lipinski definition) is 1. The zero-order valence-corrected chi connectivity index (χ0v) is 21.6. The number of hydrogen-bond acceptors (Lipinski definition) is 8. The van der Waals surface area contributed by atoms with Crippen molar-refractivity contribution in [1.29, 1.82) is 0 Å². The molecule has 3 aromatic rings. The first kappa shape index (κ1) is 25.0. The Kier molecular flexibility index (Phi) is 6.33. The second-order valence-corrected chi connectivity index (χ2v) is 11.0. The Hall–Kier alpha value is -3.09. The van der Waals surface area contributed by atoms with E-state index in [4.69, 9.17) is 18.8 Å². The fourth-order valence-corrected chi connectivity index (χ4v) is 4.71. The fraction of sp³-hybridized carbons (Fsp3) is 0.391. The summed E-state index contributed by atoms with van der Waals surface area (Å²) >= 11 is 0. The Morgan fingerprint density at radius 2 is 1.66 bits per heavy atom. The van der Waals surface area contributed by atoms with E-state index in [9.17, 15) is 8.42 Å². The van der Waals surface area contributed by atoms with Gasteiger partial charge in [0.05, 0.1) is 37.3 Å². The Morgan fingerprint density at radius 1 is 0.971 bits per heavy atom. The third kappa shape index (κ3) is 4.73. The van der Waals surface area contributed by atoms with Crippen LogP contribution in [-0.2, 0) is 26.4 Å². The maximum atomic E-state index is 13.0. The number of sulfonamides is 1. The van der Waals surface area contributed by atoms with Gasteiger partial charge in [-0.2, -0.15) is 5.10 Å². The van der Waals surface area contributed by atoms with E-state index in [2.05, 4.69) is 14.8 Å². The summed E-state index contributed by atoms with van der Waals surface area (Å²) in [5, 5.41) is 3.94. The Balaban J connectivity index is 1.74. The van der Waals surface area contributed by atoms with Crippen LogP contribution in [0, 0.1) is 0 Å². The third-order valence-electron chi connectivity index (χ3n) is 6.33. The average molecular weight is 500 g/mol. The van der Waals surface area contributed by atoms with Gasteiger partial charge in [0.1, 0.15) is 4.90 Å². The molecule has 186 valence electrons. The highest BCUT2D eigenvalue weighted by molar-refractivity contribution is 7.92. The molecule has 0 bridgehead atoms. The van der Waals surface area contributed by atoms with Crippen LogP contribution in [0.2, 0.25) is 0 Å². The van der Waals surface area contributed by atoms with Crippen LogP contribution in [0.15, 0.2) is 47.9 Å². The summed E-state index contributed by atoms with van der Waals surface area (Å²) in [5.41, 5.74) is 1.36. The lowest BCUT2D eigenvalue weighted by Crippen LogP contribution is -2.41. The van der Waals surface area contributed by atoms with Gasteiger partial charge in [0.15, 0.2) is 11.5 Å². The molecule has 3 heterocycles. The van der Waals surface area contributed by atoms with Crippen molar-refractivity contribution < 1.29 is 27.2 Å². The van der Waals surface area contributed by atoms with E-state index in [1.807, 2.05) is 33.8 Å². The summed E-state index contributed by atoms with van der Waals surface area (Å²) in [6.45, 7) is 7.94. The monoisotopic (exact) mass is 500 g/mol. The maximum Gasteiger partial charge on any atom is 0.496 e. The molecule has 0 aliphatic carbocycles. The van der Waals surface area contributed by atoms with Gasteiger partial charge in [-0.3, -0.25) is 14.4 Å². The molecule has 35 heavy (non-hydrogen) atoms. The van der Waals surface area contributed by atoms with Crippen molar-refractivity contribution in [2.75, 3.05) is 18.9 Å². The lowest BCUT2D eigenvalue weighted by Gasteiger charge is -2.32. The van der Waals surface area contributed by atoms with Crippen molar-refractivity contribution in [3.05, 3.63) is 43.0 Å². The molecular weight excluding hydrogens is 471 g/mol. The summed E-state index contributed by atoms with van der Waals surface area (Å²) in [7, 11) is 0.0650. The van der Waals surface area contributed by atoms with Gasteiger partial charge in [-0.15, -0.1) is 0 Å². The van der Waals surface area contributed by atoms with E-state index >= 15 is 0 Å². The van der Waals surface area contributed by atoms with Crippen LogP contribution in [-0.4, -0.2) is 55.7 Å². The number of anilines is 1. The van der Waals surface area contributed by atoms with Gasteiger partial charge in [-0.1, -0.05) is 6.07 Å². The number of ether oxygens (including phenoxy) is 2. The molecule has 12 heteroatoms. The third-order valence-corrected chi connectivity index (χ3v) is 7.65. The highest BCUT2D eigenvalue weighted by Gasteiger charge is 2.51. The molecule has 10 nitrogen and oxygen atoms in total. The van der Waals surface area contributed by atoms with E-state index in [-0.39, 0.29) is 16.3 Å². The predicted octanol–water partition coefficient (Wildman–Crippen LogP) is 2.60. The molecule has 0 radical (unpaired) electrons. The predicted molar refractivity (Wildman–Crippen MR) is 133 cm³/mol. The van der Waals surface area contributed by atoms with Crippen LogP contribution >= 0.6 is 0 Å². The molecule has 1 fully saturated rings. The van der Waals surface area contributed by atoms with Crippen molar-refractivity contribution in [3.63, 3.8) is 0 Å². The minimum absolute atomic E-state index is 0.0239. The highest BCUT2D eigenvalue weighted by Crippen LogP contribution is 2.41. The number of benzene rings is 1. The topological polar surface area (TPSA) is 114 Å². The van der Waals surface area contributed by atoms with Gasteiger partial charge < -0.3 is 18.8 Å². The first-order valence-corrected chi connectivity index (χ1v) is 12.4. The number of nitrogens with one attached hydrogen (secondary N) is 1. The van der Waals surface area contributed by atoms with Crippen LogP contribution in [0.1, 0.15) is 27.7 Å². The Morgan fingerprint density at radius 3 is 2.23 bits per heavy atom. The molecular formula is C23H29BN4O6S. The summed E-state index contributed by atoms with van der Waals surface area (Å²) < 4.78 is 53.2. The molecule has 0 saturated carbocycles. The number of aromatic nitrogens is 3. The van der Waals surface area contributed by atoms with Gasteiger partial charge >= 0.3 is 7.12 Å². The van der Waals surface area contributed by atoms with Gasteiger partial charge in [0.2, 0.25) is 0 Å². The molecule has 1 saturated heterocycles. The second kappa shape index (κ2) is 8.85. The minimum Gasteiger partial charge on any atom is -0.493 e.